The summed E-state index contributed by atoms with van der Waals surface area (Å²) in [5.41, 5.74) is -0.823. The lowest BCUT2D eigenvalue weighted by Gasteiger charge is -2.25. The summed E-state index contributed by atoms with van der Waals surface area (Å²) in [4.78, 5) is 10.5. The molecule has 1 aliphatic rings. The van der Waals surface area contributed by atoms with Gasteiger partial charge in [-0.15, -0.1) is 0 Å². The zero-order valence-electron chi connectivity index (χ0n) is 9.43. The molecule has 0 atom stereocenters. The molecular formula is C10H9F2NO5S. The molecule has 0 aliphatic carbocycles. The number of carbonyl (C=O) groups is 1. The maximum Gasteiger partial charge on any atom is 0.341 e. The number of carbonyl (C=O) groups excluding carboxylic acids is 1. The van der Waals surface area contributed by atoms with Gasteiger partial charge in [0.15, 0.2) is 5.82 Å². The Labute approximate surface area is 107 Å². The smallest absolute Gasteiger partial charge is 0.341 e. The number of halogens is 2. The summed E-state index contributed by atoms with van der Waals surface area (Å²) < 4.78 is 58.7. The van der Waals surface area contributed by atoms with E-state index in [1.54, 1.807) is 0 Å². The molecule has 2 rings (SSSR count). The SMILES string of the molecule is NS(=O)(=O)c1cc(F)cc(C(=O)OC2COC2)c1F. The monoisotopic (exact) mass is 293 g/mol. The number of ether oxygens (including phenoxy) is 2. The average Bonchev–Trinajstić information content (AvgIpc) is 2.24. The number of nitrogens with two attached hydrogens (primary N) is 1. The van der Waals surface area contributed by atoms with E-state index in [4.69, 9.17) is 14.6 Å². The van der Waals surface area contributed by atoms with Crippen LogP contribution in [0.1, 0.15) is 10.4 Å². The van der Waals surface area contributed by atoms with E-state index < -0.39 is 44.2 Å². The van der Waals surface area contributed by atoms with Crippen LogP contribution in [0.3, 0.4) is 0 Å². The molecular weight excluding hydrogens is 284 g/mol. The fourth-order valence-corrected chi connectivity index (χ4v) is 2.05. The molecule has 1 aliphatic heterocycles. The lowest BCUT2D eigenvalue weighted by molar-refractivity contribution is -0.103. The number of esters is 1. The molecule has 9 heteroatoms. The third-order valence-electron chi connectivity index (χ3n) is 2.41. The second kappa shape index (κ2) is 4.83. The van der Waals surface area contributed by atoms with E-state index in [9.17, 15) is 22.0 Å². The van der Waals surface area contributed by atoms with Crippen LogP contribution >= 0.6 is 0 Å². The molecule has 1 saturated heterocycles. The van der Waals surface area contributed by atoms with Gasteiger partial charge in [0, 0.05) is 0 Å². The first-order valence-corrected chi connectivity index (χ1v) is 6.64. The van der Waals surface area contributed by atoms with Crippen LogP contribution in [0.25, 0.3) is 0 Å². The first kappa shape index (κ1) is 13.8. The highest BCUT2D eigenvalue weighted by atomic mass is 32.2. The zero-order chi connectivity index (χ0) is 14.2. The van der Waals surface area contributed by atoms with Gasteiger partial charge >= 0.3 is 5.97 Å². The Hall–Kier alpha value is -1.58. The third kappa shape index (κ3) is 2.88. The Morgan fingerprint density at radius 3 is 2.47 bits per heavy atom. The largest absolute Gasteiger partial charge is 0.454 e. The van der Waals surface area contributed by atoms with Crippen LogP contribution in [0.2, 0.25) is 0 Å². The maximum absolute atomic E-state index is 13.8. The van der Waals surface area contributed by atoms with Gasteiger partial charge in [0.25, 0.3) is 0 Å². The minimum atomic E-state index is -4.48. The van der Waals surface area contributed by atoms with Crippen molar-refractivity contribution in [2.45, 2.75) is 11.0 Å². The number of hydrogen-bond donors (Lipinski definition) is 1. The molecule has 0 aromatic heterocycles. The van der Waals surface area contributed by atoms with Crippen molar-refractivity contribution >= 4 is 16.0 Å². The van der Waals surface area contributed by atoms with Crippen LogP contribution in [0.5, 0.6) is 0 Å². The maximum atomic E-state index is 13.8. The van der Waals surface area contributed by atoms with E-state index in [1.807, 2.05) is 0 Å². The molecule has 104 valence electrons. The van der Waals surface area contributed by atoms with Gasteiger partial charge in [-0.25, -0.2) is 27.1 Å². The number of benzene rings is 1. The van der Waals surface area contributed by atoms with Crippen molar-refractivity contribution in [3.8, 4) is 0 Å². The molecule has 0 radical (unpaired) electrons. The quantitative estimate of drug-likeness (QED) is 0.801. The molecule has 0 saturated carbocycles. The van der Waals surface area contributed by atoms with Gasteiger partial charge < -0.3 is 9.47 Å². The van der Waals surface area contributed by atoms with Crippen molar-refractivity contribution < 1.29 is 31.5 Å². The number of hydrogen-bond acceptors (Lipinski definition) is 5. The van der Waals surface area contributed by atoms with Crippen LogP contribution in [-0.2, 0) is 19.5 Å². The van der Waals surface area contributed by atoms with Crippen LogP contribution < -0.4 is 5.14 Å². The predicted octanol–water partition coefficient (Wildman–Crippen LogP) is 0.168. The van der Waals surface area contributed by atoms with Crippen molar-refractivity contribution in [3.63, 3.8) is 0 Å². The molecule has 0 amide bonds. The van der Waals surface area contributed by atoms with E-state index >= 15 is 0 Å². The Morgan fingerprint density at radius 2 is 2.00 bits per heavy atom. The predicted molar refractivity (Wildman–Crippen MR) is 57.8 cm³/mol. The minimum absolute atomic E-state index is 0.157. The van der Waals surface area contributed by atoms with Crippen LogP contribution in [-0.4, -0.2) is 33.7 Å². The molecule has 1 aromatic carbocycles. The van der Waals surface area contributed by atoms with Crippen molar-refractivity contribution in [2.24, 2.45) is 5.14 Å². The molecule has 0 bridgehead atoms. The zero-order valence-corrected chi connectivity index (χ0v) is 10.2. The summed E-state index contributed by atoms with van der Waals surface area (Å²) in [6.45, 7) is 0.315. The summed E-state index contributed by atoms with van der Waals surface area (Å²) in [5.74, 6) is -3.72. The van der Waals surface area contributed by atoms with Crippen molar-refractivity contribution in [3.05, 3.63) is 29.3 Å². The molecule has 0 spiro atoms. The van der Waals surface area contributed by atoms with E-state index in [0.29, 0.717) is 12.1 Å². The van der Waals surface area contributed by atoms with E-state index in [1.165, 1.54) is 0 Å². The number of sulfonamides is 1. The highest BCUT2D eigenvalue weighted by Gasteiger charge is 2.28. The van der Waals surface area contributed by atoms with Crippen molar-refractivity contribution in [1.29, 1.82) is 0 Å². The second-order valence-electron chi connectivity index (χ2n) is 3.88. The third-order valence-corrected chi connectivity index (χ3v) is 3.32. The Balaban J connectivity index is 2.39. The number of primary sulfonamides is 1. The highest BCUT2D eigenvalue weighted by molar-refractivity contribution is 7.89. The second-order valence-corrected chi connectivity index (χ2v) is 5.41. The molecule has 6 nitrogen and oxygen atoms in total. The van der Waals surface area contributed by atoms with E-state index in [0.717, 1.165) is 0 Å². The fraction of sp³-hybridized carbons (Fsp3) is 0.300. The first-order valence-electron chi connectivity index (χ1n) is 5.09. The van der Waals surface area contributed by atoms with Gasteiger partial charge in [0.1, 0.15) is 16.8 Å². The summed E-state index contributed by atoms with van der Waals surface area (Å²) in [5, 5.41) is 4.73. The van der Waals surface area contributed by atoms with Gasteiger partial charge in [0.2, 0.25) is 10.0 Å². The lowest BCUT2D eigenvalue weighted by atomic mass is 10.2. The Bertz CT molecular complexity index is 627. The Morgan fingerprint density at radius 1 is 1.37 bits per heavy atom. The summed E-state index contributed by atoms with van der Waals surface area (Å²) in [6, 6.07) is 0.944. The molecule has 1 aromatic rings. The molecule has 0 unspecified atom stereocenters. The molecule has 1 heterocycles. The molecule has 2 N–H and O–H groups in total. The van der Waals surface area contributed by atoms with Crippen LogP contribution in [0.15, 0.2) is 17.0 Å². The highest BCUT2D eigenvalue weighted by Crippen LogP contribution is 2.21. The topological polar surface area (TPSA) is 95.7 Å². The van der Waals surface area contributed by atoms with Crippen molar-refractivity contribution in [2.75, 3.05) is 13.2 Å². The minimum Gasteiger partial charge on any atom is -0.454 e. The van der Waals surface area contributed by atoms with Crippen LogP contribution in [0.4, 0.5) is 8.78 Å². The van der Waals surface area contributed by atoms with E-state index in [2.05, 4.69) is 0 Å². The van der Waals surface area contributed by atoms with E-state index in [-0.39, 0.29) is 13.2 Å². The standard InChI is InChI=1S/C10H9F2NO5S/c11-5-1-7(10(14)18-6-3-17-4-6)9(12)8(2-5)19(13,15)16/h1-2,6H,3-4H2,(H2,13,15,16). The van der Waals surface area contributed by atoms with Gasteiger partial charge in [-0.3, -0.25) is 0 Å². The van der Waals surface area contributed by atoms with Gasteiger partial charge in [-0.2, -0.15) is 0 Å². The Kier molecular flexibility index (Phi) is 3.52. The summed E-state index contributed by atoms with van der Waals surface area (Å²) in [6.07, 6.45) is -0.548. The summed E-state index contributed by atoms with van der Waals surface area (Å²) in [7, 11) is -4.48. The van der Waals surface area contributed by atoms with Gasteiger partial charge in [-0.05, 0) is 12.1 Å². The average molecular weight is 293 g/mol. The number of rotatable bonds is 3. The lowest BCUT2D eigenvalue weighted by Crippen LogP contribution is -2.38. The van der Waals surface area contributed by atoms with Crippen LogP contribution in [0, 0.1) is 11.6 Å². The van der Waals surface area contributed by atoms with Crippen molar-refractivity contribution in [1.82, 2.24) is 0 Å². The van der Waals surface area contributed by atoms with Gasteiger partial charge in [0.05, 0.1) is 18.8 Å². The molecule has 1 fully saturated rings. The first-order chi connectivity index (χ1) is 8.79. The summed E-state index contributed by atoms with van der Waals surface area (Å²) >= 11 is 0. The molecule has 19 heavy (non-hydrogen) atoms. The normalized spacial score (nSPS) is 15.9. The fourth-order valence-electron chi connectivity index (χ4n) is 1.42. The van der Waals surface area contributed by atoms with Gasteiger partial charge in [-0.1, -0.05) is 0 Å².